The number of pyridine rings is 1. The van der Waals surface area contributed by atoms with E-state index in [2.05, 4.69) is 9.88 Å². The summed E-state index contributed by atoms with van der Waals surface area (Å²) < 4.78 is 15.4. The third kappa shape index (κ3) is 4.15. The van der Waals surface area contributed by atoms with E-state index in [1.807, 2.05) is 6.07 Å². The van der Waals surface area contributed by atoms with Gasteiger partial charge in [-0.3, -0.25) is 4.79 Å². The van der Waals surface area contributed by atoms with E-state index in [1.54, 1.807) is 20.4 Å². The first-order valence-electron chi connectivity index (χ1n) is 7.09. The monoisotopic (exact) mass is 294 g/mol. The van der Waals surface area contributed by atoms with Gasteiger partial charge in [-0.05, 0) is 18.8 Å². The number of piperidine rings is 1. The van der Waals surface area contributed by atoms with Crippen molar-refractivity contribution >= 4 is 12.0 Å². The summed E-state index contributed by atoms with van der Waals surface area (Å²) >= 11 is 0. The summed E-state index contributed by atoms with van der Waals surface area (Å²) in [7, 11) is 3.20. The summed E-state index contributed by atoms with van der Waals surface area (Å²) in [5.74, 6) is 1.07. The minimum atomic E-state index is 0.344. The molecule has 0 radical (unpaired) electrons. The van der Waals surface area contributed by atoms with Crippen molar-refractivity contribution in [2.24, 2.45) is 5.92 Å². The van der Waals surface area contributed by atoms with Crippen LogP contribution >= 0.6 is 0 Å². The second kappa shape index (κ2) is 7.95. The molecule has 2 heterocycles. The van der Waals surface area contributed by atoms with E-state index in [0.29, 0.717) is 24.2 Å². The smallest absolute Gasteiger partial charge is 0.215 e. The number of hydrogen-bond donors (Lipinski definition) is 0. The molecular formula is C15H22N2O4. The highest BCUT2D eigenvalue weighted by Gasteiger charge is 2.21. The molecule has 0 bridgehead atoms. The molecule has 1 aliphatic rings. The van der Waals surface area contributed by atoms with Crippen LogP contribution in [0.15, 0.2) is 12.3 Å². The molecule has 1 fully saturated rings. The van der Waals surface area contributed by atoms with Gasteiger partial charge >= 0.3 is 0 Å². The number of carbonyl (C=O) groups is 1. The standard InChI is InChI=1S/C15H22N2O4/c1-19-11-21-10-12-3-5-17(6-4-12)14-7-15(20-2)16-8-13(14)9-18/h7-9,12H,3-6,10-11H2,1-2H3. The van der Waals surface area contributed by atoms with E-state index in [4.69, 9.17) is 14.2 Å². The Morgan fingerprint density at radius 1 is 1.38 bits per heavy atom. The summed E-state index contributed by atoms with van der Waals surface area (Å²) in [5, 5.41) is 0. The van der Waals surface area contributed by atoms with Gasteiger partial charge < -0.3 is 19.1 Å². The van der Waals surface area contributed by atoms with Gasteiger partial charge in [-0.2, -0.15) is 0 Å². The summed E-state index contributed by atoms with van der Waals surface area (Å²) in [6.07, 6.45) is 4.48. The maximum Gasteiger partial charge on any atom is 0.215 e. The lowest BCUT2D eigenvalue weighted by Gasteiger charge is -2.34. The summed E-state index contributed by atoms with van der Waals surface area (Å²) in [6, 6.07) is 1.82. The third-order valence-electron chi connectivity index (χ3n) is 3.73. The molecular weight excluding hydrogens is 272 g/mol. The molecule has 2 rings (SSSR count). The highest BCUT2D eigenvalue weighted by Crippen LogP contribution is 2.28. The van der Waals surface area contributed by atoms with Gasteiger partial charge in [0.2, 0.25) is 5.88 Å². The molecule has 0 spiro atoms. The highest BCUT2D eigenvalue weighted by molar-refractivity contribution is 5.84. The third-order valence-corrected chi connectivity index (χ3v) is 3.73. The SMILES string of the molecule is COCOCC1CCN(c2cc(OC)ncc2C=O)CC1. The van der Waals surface area contributed by atoms with E-state index < -0.39 is 0 Å². The van der Waals surface area contributed by atoms with Crippen molar-refractivity contribution in [3.63, 3.8) is 0 Å². The van der Waals surface area contributed by atoms with Crippen molar-refractivity contribution in [1.82, 2.24) is 4.98 Å². The molecule has 1 aromatic rings. The zero-order chi connectivity index (χ0) is 15.1. The van der Waals surface area contributed by atoms with Crippen LogP contribution in [0.1, 0.15) is 23.2 Å². The zero-order valence-corrected chi connectivity index (χ0v) is 12.6. The minimum Gasteiger partial charge on any atom is -0.481 e. The number of methoxy groups -OCH3 is 2. The van der Waals surface area contributed by atoms with E-state index in [1.165, 1.54) is 0 Å². The van der Waals surface area contributed by atoms with Crippen LogP contribution in [0, 0.1) is 5.92 Å². The van der Waals surface area contributed by atoms with Crippen molar-refractivity contribution in [3.8, 4) is 5.88 Å². The first kappa shape index (κ1) is 15.7. The first-order valence-corrected chi connectivity index (χ1v) is 7.09. The van der Waals surface area contributed by atoms with Crippen LogP contribution in [-0.2, 0) is 9.47 Å². The quantitative estimate of drug-likeness (QED) is 0.434. The summed E-state index contributed by atoms with van der Waals surface area (Å²) in [4.78, 5) is 17.5. The fraction of sp³-hybridized carbons (Fsp3) is 0.600. The van der Waals surface area contributed by atoms with Crippen molar-refractivity contribution < 1.29 is 19.0 Å². The zero-order valence-electron chi connectivity index (χ0n) is 12.6. The first-order chi connectivity index (χ1) is 10.3. The Bertz CT molecular complexity index is 459. The molecule has 0 amide bonds. The van der Waals surface area contributed by atoms with Crippen molar-refractivity contribution in [2.45, 2.75) is 12.8 Å². The normalized spacial score (nSPS) is 16.0. The number of aldehydes is 1. The molecule has 21 heavy (non-hydrogen) atoms. The predicted octanol–water partition coefficient (Wildman–Crippen LogP) is 1.74. The van der Waals surface area contributed by atoms with Crippen LogP contribution in [0.2, 0.25) is 0 Å². The van der Waals surface area contributed by atoms with E-state index in [9.17, 15) is 4.79 Å². The Kier molecular flexibility index (Phi) is 5.95. The van der Waals surface area contributed by atoms with Gasteiger partial charge in [0.15, 0.2) is 6.29 Å². The second-order valence-corrected chi connectivity index (χ2v) is 5.11. The van der Waals surface area contributed by atoms with Crippen molar-refractivity contribution in [3.05, 3.63) is 17.8 Å². The Morgan fingerprint density at radius 2 is 2.14 bits per heavy atom. The molecule has 0 N–H and O–H groups in total. The highest BCUT2D eigenvalue weighted by atomic mass is 16.7. The lowest BCUT2D eigenvalue weighted by atomic mass is 9.97. The van der Waals surface area contributed by atoms with E-state index in [0.717, 1.165) is 44.5 Å². The maximum absolute atomic E-state index is 11.2. The average Bonchev–Trinajstić information content (AvgIpc) is 2.55. The molecule has 1 aromatic heterocycles. The molecule has 1 saturated heterocycles. The molecule has 0 atom stereocenters. The van der Waals surface area contributed by atoms with Gasteiger partial charge in [-0.1, -0.05) is 0 Å². The Morgan fingerprint density at radius 3 is 2.76 bits per heavy atom. The number of carbonyl (C=O) groups excluding carboxylic acids is 1. The van der Waals surface area contributed by atoms with Gasteiger partial charge in [0.25, 0.3) is 0 Å². The van der Waals surface area contributed by atoms with Gasteiger partial charge in [0.05, 0.1) is 25.0 Å². The van der Waals surface area contributed by atoms with Crippen molar-refractivity contribution in [2.75, 3.05) is 45.6 Å². The number of aromatic nitrogens is 1. The topological polar surface area (TPSA) is 60.9 Å². The van der Waals surface area contributed by atoms with Crippen LogP contribution in [-0.4, -0.2) is 52.0 Å². The summed E-state index contributed by atoms with van der Waals surface area (Å²) in [6.45, 7) is 2.86. The molecule has 6 heteroatoms. The number of ether oxygens (including phenoxy) is 3. The van der Waals surface area contributed by atoms with Crippen molar-refractivity contribution in [1.29, 1.82) is 0 Å². The Labute approximate surface area is 125 Å². The van der Waals surface area contributed by atoms with Crippen LogP contribution in [0.5, 0.6) is 5.88 Å². The Hall–Kier alpha value is -1.66. The van der Waals surface area contributed by atoms with Gasteiger partial charge in [0.1, 0.15) is 6.79 Å². The molecule has 0 unspecified atom stereocenters. The Balaban J connectivity index is 1.96. The largest absolute Gasteiger partial charge is 0.481 e. The molecule has 0 aliphatic carbocycles. The van der Waals surface area contributed by atoms with E-state index in [-0.39, 0.29) is 0 Å². The molecule has 116 valence electrons. The summed E-state index contributed by atoms with van der Waals surface area (Å²) in [5.41, 5.74) is 1.50. The molecule has 0 saturated carbocycles. The lowest BCUT2D eigenvalue weighted by molar-refractivity contribution is -0.0456. The van der Waals surface area contributed by atoms with Crippen LogP contribution in [0.4, 0.5) is 5.69 Å². The predicted molar refractivity (Wildman–Crippen MR) is 78.9 cm³/mol. The number of nitrogens with zero attached hydrogens (tertiary/aromatic N) is 2. The fourth-order valence-electron chi connectivity index (χ4n) is 2.55. The number of rotatable bonds is 7. The fourth-order valence-corrected chi connectivity index (χ4v) is 2.55. The van der Waals surface area contributed by atoms with Crippen LogP contribution in [0.3, 0.4) is 0 Å². The minimum absolute atomic E-state index is 0.344. The maximum atomic E-state index is 11.2. The average molecular weight is 294 g/mol. The van der Waals surface area contributed by atoms with E-state index >= 15 is 0 Å². The van der Waals surface area contributed by atoms with Gasteiger partial charge in [0, 0.05) is 32.5 Å². The van der Waals surface area contributed by atoms with Gasteiger partial charge in [-0.15, -0.1) is 0 Å². The molecule has 1 aliphatic heterocycles. The lowest BCUT2D eigenvalue weighted by Crippen LogP contribution is -2.35. The molecule has 6 nitrogen and oxygen atoms in total. The molecule has 0 aromatic carbocycles. The number of hydrogen-bond acceptors (Lipinski definition) is 6. The number of anilines is 1. The second-order valence-electron chi connectivity index (χ2n) is 5.11. The van der Waals surface area contributed by atoms with Gasteiger partial charge in [-0.25, -0.2) is 4.98 Å². The van der Waals surface area contributed by atoms with Crippen LogP contribution in [0.25, 0.3) is 0 Å². The van der Waals surface area contributed by atoms with Crippen LogP contribution < -0.4 is 9.64 Å².